The van der Waals surface area contributed by atoms with E-state index >= 15 is 0 Å². The van der Waals surface area contributed by atoms with Crippen LogP contribution in [0.5, 0.6) is 0 Å². The van der Waals surface area contributed by atoms with Crippen molar-refractivity contribution in [3.63, 3.8) is 0 Å². The standard InChI is InChI=1S/C23H21BrN2O2/c1-16(26(2)23(28)19-11-6-12-20(24)14-19)18-10-7-13-21(15-18)25-22(27)17-8-4-3-5-9-17/h3-16H,1-2H3,(H,25,27). The summed E-state index contributed by atoms with van der Waals surface area (Å²) in [5.74, 6) is -0.225. The van der Waals surface area contributed by atoms with Gasteiger partial charge in [0.05, 0.1) is 6.04 Å². The van der Waals surface area contributed by atoms with Gasteiger partial charge in [-0.15, -0.1) is 0 Å². The average Bonchev–Trinajstić information content (AvgIpc) is 2.73. The fourth-order valence-electron chi connectivity index (χ4n) is 2.89. The zero-order valence-electron chi connectivity index (χ0n) is 15.7. The van der Waals surface area contributed by atoms with E-state index in [4.69, 9.17) is 0 Å². The Hall–Kier alpha value is -2.92. The van der Waals surface area contributed by atoms with Crippen molar-refractivity contribution < 1.29 is 9.59 Å². The van der Waals surface area contributed by atoms with E-state index in [9.17, 15) is 9.59 Å². The van der Waals surface area contributed by atoms with E-state index < -0.39 is 0 Å². The predicted molar refractivity (Wildman–Crippen MR) is 115 cm³/mol. The molecule has 142 valence electrons. The molecule has 0 aliphatic rings. The summed E-state index contributed by atoms with van der Waals surface area (Å²) >= 11 is 3.40. The van der Waals surface area contributed by atoms with Gasteiger partial charge in [0.15, 0.2) is 0 Å². The molecule has 0 fully saturated rings. The maximum atomic E-state index is 12.8. The predicted octanol–water partition coefficient (Wildman–Crippen LogP) is 5.53. The van der Waals surface area contributed by atoms with Crippen LogP contribution >= 0.6 is 15.9 Å². The second-order valence-electron chi connectivity index (χ2n) is 6.55. The number of hydrogen-bond donors (Lipinski definition) is 1. The second-order valence-corrected chi connectivity index (χ2v) is 7.46. The smallest absolute Gasteiger partial charge is 0.255 e. The number of benzene rings is 3. The molecule has 0 saturated heterocycles. The number of amides is 2. The Bertz CT molecular complexity index is 989. The third-order valence-electron chi connectivity index (χ3n) is 4.64. The Balaban J connectivity index is 1.75. The van der Waals surface area contributed by atoms with Gasteiger partial charge >= 0.3 is 0 Å². The van der Waals surface area contributed by atoms with Crippen molar-refractivity contribution in [1.29, 1.82) is 0 Å². The monoisotopic (exact) mass is 436 g/mol. The first-order valence-corrected chi connectivity index (χ1v) is 9.74. The number of rotatable bonds is 5. The molecule has 1 unspecified atom stereocenters. The molecule has 0 bridgehead atoms. The third-order valence-corrected chi connectivity index (χ3v) is 5.13. The Morgan fingerprint density at radius 3 is 2.29 bits per heavy atom. The van der Waals surface area contributed by atoms with Crippen LogP contribution in [0.1, 0.15) is 39.2 Å². The molecule has 0 spiro atoms. The molecule has 3 aromatic rings. The Kier molecular flexibility index (Phi) is 6.26. The summed E-state index contributed by atoms with van der Waals surface area (Å²) in [6, 6.07) is 23.8. The lowest BCUT2D eigenvalue weighted by Crippen LogP contribution is -2.29. The number of nitrogens with one attached hydrogen (secondary N) is 1. The van der Waals surface area contributed by atoms with Crippen molar-refractivity contribution in [3.05, 3.63) is 100 Å². The second kappa shape index (κ2) is 8.85. The zero-order chi connectivity index (χ0) is 20.1. The van der Waals surface area contributed by atoms with Crippen LogP contribution in [0.4, 0.5) is 5.69 Å². The number of nitrogens with zero attached hydrogens (tertiary/aromatic N) is 1. The van der Waals surface area contributed by atoms with Crippen molar-refractivity contribution in [3.8, 4) is 0 Å². The van der Waals surface area contributed by atoms with E-state index in [1.165, 1.54) is 0 Å². The molecule has 2 amide bonds. The third kappa shape index (κ3) is 4.67. The van der Waals surface area contributed by atoms with E-state index in [1.807, 2.05) is 67.6 Å². The van der Waals surface area contributed by atoms with E-state index in [0.717, 1.165) is 10.0 Å². The lowest BCUT2D eigenvalue weighted by atomic mass is 10.1. The van der Waals surface area contributed by atoms with Gasteiger partial charge in [0.2, 0.25) is 0 Å². The van der Waals surface area contributed by atoms with Gasteiger partial charge in [-0.05, 0) is 55.0 Å². The van der Waals surface area contributed by atoms with Gasteiger partial charge in [0, 0.05) is 28.3 Å². The maximum absolute atomic E-state index is 12.8. The minimum Gasteiger partial charge on any atom is -0.335 e. The Morgan fingerprint density at radius 2 is 1.57 bits per heavy atom. The normalized spacial score (nSPS) is 11.5. The highest BCUT2D eigenvalue weighted by atomic mass is 79.9. The fraction of sp³-hybridized carbons (Fsp3) is 0.130. The molecule has 1 atom stereocenters. The Morgan fingerprint density at radius 1 is 0.893 bits per heavy atom. The van der Waals surface area contributed by atoms with Crippen LogP contribution < -0.4 is 5.32 Å². The van der Waals surface area contributed by atoms with Crippen molar-refractivity contribution in [1.82, 2.24) is 4.90 Å². The zero-order valence-corrected chi connectivity index (χ0v) is 17.3. The molecule has 0 heterocycles. The number of carbonyl (C=O) groups excluding carboxylic acids is 2. The highest BCUT2D eigenvalue weighted by Crippen LogP contribution is 2.24. The summed E-state index contributed by atoms with van der Waals surface area (Å²) in [6.07, 6.45) is 0. The number of anilines is 1. The first kappa shape index (κ1) is 19.8. The SMILES string of the molecule is CC(c1cccc(NC(=O)c2ccccc2)c1)N(C)C(=O)c1cccc(Br)c1. The summed E-state index contributed by atoms with van der Waals surface area (Å²) in [6.45, 7) is 1.97. The van der Waals surface area contributed by atoms with Gasteiger partial charge in [-0.3, -0.25) is 9.59 Å². The topological polar surface area (TPSA) is 49.4 Å². The van der Waals surface area contributed by atoms with Crippen LogP contribution in [0.15, 0.2) is 83.3 Å². The molecule has 3 rings (SSSR count). The Labute approximate surface area is 173 Å². The molecule has 1 N–H and O–H groups in total. The summed E-state index contributed by atoms with van der Waals surface area (Å²) in [5.41, 5.74) is 2.86. The quantitative estimate of drug-likeness (QED) is 0.570. The van der Waals surface area contributed by atoms with Crippen molar-refractivity contribution in [2.45, 2.75) is 13.0 Å². The molecule has 0 aliphatic carbocycles. The molecule has 0 radical (unpaired) electrons. The van der Waals surface area contributed by atoms with Crippen LogP contribution in [0, 0.1) is 0 Å². The highest BCUT2D eigenvalue weighted by molar-refractivity contribution is 9.10. The van der Waals surface area contributed by atoms with Crippen LogP contribution in [-0.4, -0.2) is 23.8 Å². The van der Waals surface area contributed by atoms with Crippen molar-refractivity contribution in [2.24, 2.45) is 0 Å². The van der Waals surface area contributed by atoms with Gasteiger partial charge in [0.25, 0.3) is 11.8 Å². The van der Waals surface area contributed by atoms with Crippen molar-refractivity contribution >= 4 is 33.4 Å². The first-order chi connectivity index (χ1) is 13.5. The minimum atomic E-state index is -0.163. The summed E-state index contributed by atoms with van der Waals surface area (Å²) in [7, 11) is 1.78. The largest absolute Gasteiger partial charge is 0.335 e. The first-order valence-electron chi connectivity index (χ1n) is 8.95. The molecule has 3 aromatic carbocycles. The van der Waals surface area contributed by atoms with Crippen LogP contribution in [-0.2, 0) is 0 Å². The van der Waals surface area contributed by atoms with E-state index in [-0.39, 0.29) is 17.9 Å². The molecule has 4 nitrogen and oxygen atoms in total. The summed E-state index contributed by atoms with van der Waals surface area (Å²) in [4.78, 5) is 26.9. The number of carbonyl (C=O) groups is 2. The van der Waals surface area contributed by atoms with Gasteiger partial charge in [0.1, 0.15) is 0 Å². The van der Waals surface area contributed by atoms with Gasteiger partial charge in [-0.25, -0.2) is 0 Å². The molecular weight excluding hydrogens is 416 g/mol. The minimum absolute atomic E-state index is 0.0625. The maximum Gasteiger partial charge on any atom is 0.255 e. The molecular formula is C23H21BrN2O2. The highest BCUT2D eigenvalue weighted by Gasteiger charge is 2.19. The van der Waals surface area contributed by atoms with Crippen LogP contribution in [0.3, 0.4) is 0 Å². The van der Waals surface area contributed by atoms with Gasteiger partial charge in [-0.2, -0.15) is 0 Å². The van der Waals surface area contributed by atoms with E-state index in [0.29, 0.717) is 16.8 Å². The van der Waals surface area contributed by atoms with E-state index in [1.54, 1.807) is 30.1 Å². The van der Waals surface area contributed by atoms with Crippen molar-refractivity contribution in [2.75, 3.05) is 12.4 Å². The van der Waals surface area contributed by atoms with Gasteiger partial charge in [-0.1, -0.05) is 52.3 Å². The lowest BCUT2D eigenvalue weighted by Gasteiger charge is -2.26. The molecule has 0 aromatic heterocycles. The lowest BCUT2D eigenvalue weighted by molar-refractivity contribution is 0.0742. The average molecular weight is 437 g/mol. The van der Waals surface area contributed by atoms with Gasteiger partial charge < -0.3 is 10.2 Å². The summed E-state index contributed by atoms with van der Waals surface area (Å²) in [5, 5.41) is 2.91. The van der Waals surface area contributed by atoms with Crippen LogP contribution in [0.25, 0.3) is 0 Å². The van der Waals surface area contributed by atoms with Crippen LogP contribution in [0.2, 0.25) is 0 Å². The molecule has 0 saturated carbocycles. The molecule has 28 heavy (non-hydrogen) atoms. The van der Waals surface area contributed by atoms with E-state index in [2.05, 4.69) is 21.2 Å². The molecule has 0 aliphatic heterocycles. The fourth-order valence-corrected chi connectivity index (χ4v) is 3.29. The molecule has 5 heteroatoms. The number of halogens is 1. The summed E-state index contributed by atoms with van der Waals surface area (Å²) < 4.78 is 0.866. The number of hydrogen-bond acceptors (Lipinski definition) is 2.